The highest BCUT2D eigenvalue weighted by molar-refractivity contribution is 5.79. The predicted molar refractivity (Wildman–Crippen MR) is 78.3 cm³/mol. The Morgan fingerprint density at radius 2 is 1.95 bits per heavy atom. The summed E-state index contributed by atoms with van der Waals surface area (Å²) in [7, 11) is 0. The number of rotatable bonds is 4. The fourth-order valence-corrected chi connectivity index (χ4v) is 2.35. The number of nitrogens with zero attached hydrogens (tertiary/aromatic N) is 3. The number of benzene rings is 1. The second kappa shape index (κ2) is 4.92. The summed E-state index contributed by atoms with van der Waals surface area (Å²) in [5.74, 6) is 0. The molecule has 2 aromatic heterocycles. The molecule has 19 heavy (non-hydrogen) atoms. The highest BCUT2D eigenvalue weighted by atomic mass is 15.3. The Labute approximate surface area is 113 Å². The maximum atomic E-state index is 4.66. The molecule has 0 radical (unpaired) electrons. The number of fused-ring (bicyclic) bond motifs is 1. The summed E-state index contributed by atoms with van der Waals surface area (Å²) < 4.78 is 4.31. The number of aromatic nitrogens is 3. The minimum Gasteiger partial charge on any atom is -0.341 e. The van der Waals surface area contributed by atoms with Crippen molar-refractivity contribution in [2.75, 3.05) is 0 Å². The lowest BCUT2D eigenvalue weighted by Crippen LogP contribution is -2.06. The Morgan fingerprint density at radius 1 is 1.11 bits per heavy atom. The number of para-hydroxylation sites is 1. The molecule has 0 saturated carbocycles. The first-order valence-electron chi connectivity index (χ1n) is 6.86. The van der Waals surface area contributed by atoms with Gasteiger partial charge in [0.2, 0.25) is 0 Å². The van der Waals surface area contributed by atoms with Crippen LogP contribution in [0.15, 0.2) is 48.8 Å². The van der Waals surface area contributed by atoms with Gasteiger partial charge in [-0.3, -0.25) is 4.68 Å². The number of hydrogen-bond donors (Lipinski definition) is 0. The Kier molecular flexibility index (Phi) is 3.11. The maximum Gasteiger partial charge on any atom is 0.0821 e. The summed E-state index contributed by atoms with van der Waals surface area (Å²) in [6.07, 6.45) is 5.32. The third-order valence-electron chi connectivity index (χ3n) is 3.72. The lowest BCUT2D eigenvalue weighted by Gasteiger charge is -2.08. The zero-order valence-corrected chi connectivity index (χ0v) is 11.5. The maximum absolute atomic E-state index is 4.66. The third kappa shape index (κ3) is 2.28. The lowest BCUT2D eigenvalue weighted by molar-refractivity contribution is 0.472. The predicted octanol–water partition coefficient (Wildman–Crippen LogP) is 3.86. The molecule has 0 bridgehead atoms. The van der Waals surface area contributed by atoms with Crippen LogP contribution in [0.4, 0.5) is 0 Å². The summed E-state index contributed by atoms with van der Waals surface area (Å²) in [6, 6.07) is 13.2. The van der Waals surface area contributed by atoms with Crippen LogP contribution in [0, 0.1) is 0 Å². The highest BCUT2D eigenvalue weighted by Crippen LogP contribution is 2.17. The molecule has 0 N–H and O–H groups in total. The molecular formula is C16H19N3. The van der Waals surface area contributed by atoms with Gasteiger partial charge in [0.05, 0.1) is 12.2 Å². The molecule has 98 valence electrons. The van der Waals surface area contributed by atoms with E-state index in [0.717, 1.165) is 18.7 Å². The quantitative estimate of drug-likeness (QED) is 0.692. The molecule has 0 aliphatic carbocycles. The van der Waals surface area contributed by atoms with E-state index >= 15 is 0 Å². The van der Waals surface area contributed by atoms with Gasteiger partial charge in [-0.05, 0) is 36.9 Å². The largest absolute Gasteiger partial charge is 0.341 e. The van der Waals surface area contributed by atoms with Crippen molar-refractivity contribution in [3.8, 4) is 0 Å². The molecule has 1 aromatic carbocycles. The molecule has 0 aliphatic rings. The van der Waals surface area contributed by atoms with Gasteiger partial charge in [-0.1, -0.05) is 25.1 Å². The van der Waals surface area contributed by atoms with Crippen molar-refractivity contribution >= 4 is 10.9 Å². The van der Waals surface area contributed by atoms with E-state index in [1.165, 1.54) is 10.9 Å². The zero-order chi connectivity index (χ0) is 13.2. The summed E-state index contributed by atoms with van der Waals surface area (Å²) in [5, 5.41) is 5.94. The van der Waals surface area contributed by atoms with Gasteiger partial charge in [-0.15, -0.1) is 0 Å². The first-order valence-corrected chi connectivity index (χ1v) is 6.86. The molecule has 0 aliphatic heterocycles. The van der Waals surface area contributed by atoms with Crippen LogP contribution in [0.1, 0.15) is 32.0 Å². The van der Waals surface area contributed by atoms with Crippen LogP contribution in [-0.4, -0.2) is 14.3 Å². The molecule has 2 heterocycles. The van der Waals surface area contributed by atoms with E-state index in [2.05, 4.69) is 77.0 Å². The molecule has 3 heteroatoms. The molecule has 0 spiro atoms. The van der Waals surface area contributed by atoms with Crippen molar-refractivity contribution < 1.29 is 0 Å². The average Bonchev–Trinajstić information content (AvgIpc) is 3.06. The van der Waals surface area contributed by atoms with Gasteiger partial charge in [-0.2, -0.15) is 5.10 Å². The molecule has 3 aromatic rings. The van der Waals surface area contributed by atoms with Crippen LogP contribution >= 0.6 is 0 Å². The van der Waals surface area contributed by atoms with Crippen LogP contribution < -0.4 is 0 Å². The van der Waals surface area contributed by atoms with Crippen LogP contribution in [0.25, 0.3) is 10.9 Å². The second-order valence-corrected chi connectivity index (χ2v) is 5.05. The summed E-state index contributed by atoms with van der Waals surface area (Å²) in [6.45, 7) is 5.21. The van der Waals surface area contributed by atoms with Crippen LogP contribution in [0.2, 0.25) is 0 Å². The molecule has 1 atom stereocenters. The molecule has 3 nitrogen and oxygen atoms in total. The van der Waals surface area contributed by atoms with Crippen molar-refractivity contribution in [2.24, 2.45) is 0 Å². The van der Waals surface area contributed by atoms with E-state index in [-0.39, 0.29) is 0 Å². The Hall–Kier alpha value is -2.03. The average molecular weight is 253 g/mol. The first-order chi connectivity index (χ1) is 9.28. The van der Waals surface area contributed by atoms with Crippen molar-refractivity contribution in [3.05, 3.63) is 54.5 Å². The highest BCUT2D eigenvalue weighted by Gasteiger charge is 2.06. The van der Waals surface area contributed by atoms with E-state index in [1.54, 1.807) is 0 Å². The van der Waals surface area contributed by atoms with Crippen molar-refractivity contribution in [1.29, 1.82) is 0 Å². The van der Waals surface area contributed by atoms with Crippen LogP contribution in [0.5, 0.6) is 0 Å². The topological polar surface area (TPSA) is 22.8 Å². The van der Waals surface area contributed by atoms with E-state index < -0.39 is 0 Å². The Balaban J connectivity index is 1.87. The van der Waals surface area contributed by atoms with Gasteiger partial charge in [0.25, 0.3) is 0 Å². The Morgan fingerprint density at radius 3 is 2.79 bits per heavy atom. The van der Waals surface area contributed by atoms with Crippen LogP contribution in [0.3, 0.4) is 0 Å². The van der Waals surface area contributed by atoms with Gasteiger partial charge >= 0.3 is 0 Å². The van der Waals surface area contributed by atoms with Crippen molar-refractivity contribution in [2.45, 2.75) is 32.9 Å². The fraction of sp³-hybridized carbons (Fsp3) is 0.312. The summed E-state index contributed by atoms with van der Waals surface area (Å²) in [5.41, 5.74) is 2.38. The van der Waals surface area contributed by atoms with E-state index in [4.69, 9.17) is 0 Å². The van der Waals surface area contributed by atoms with E-state index in [1.807, 2.05) is 0 Å². The molecule has 0 saturated heterocycles. The molecule has 0 amide bonds. The van der Waals surface area contributed by atoms with E-state index in [0.29, 0.717) is 6.04 Å². The number of hydrogen-bond acceptors (Lipinski definition) is 1. The summed E-state index contributed by atoms with van der Waals surface area (Å²) >= 11 is 0. The standard InChI is InChI=1S/C16H19N3/c1-3-13(2)19-11-9-15(17-19)12-18-10-8-14-6-4-5-7-16(14)18/h4-11,13H,3,12H2,1-2H3. The molecule has 3 rings (SSSR count). The lowest BCUT2D eigenvalue weighted by atomic mass is 10.2. The minimum absolute atomic E-state index is 0.468. The van der Waals surface area contributed by atoms with Gasteiger partial charge in [0.1, 0.15) is 0 Å². The second-order valence-electron chi connectivity index (χ2n) is 5.05. The smallest absolute Gasteiger partial charge is 0.0821 e. The van der Waals surface area contributed by atoms with Gasteiger partial charge < -0.3 is 4.57 Å². The van der Waals surface area contributed by atoms with Gasteiger partial charge in [-0.25, -0.2) is 0 Å². The zero-order valence-electron chi connectivity index (χ0n) is 11.5. The molecule has 0 fully saturated rings. The van der Waals surface area contributed by atoms with Gasteiger partial charge in [0, 0.05) is 24.0 Å². The van der Waals surface area contributed by atoms with Crippen molar-refractivity contribution in [1.82, 2.24) is 14.3 Å². The third-order valence-corrected chi connectivity index (χ3v) is 3.72. The normalized spacial score (nSPS) is 12.9. The van der Waals surface area contributed by atoms with Gasteiger partial charge in [0.15, 0.2) is 0 Å². The molecular weight excluding hydrogens is 234 g/mol. The van der Waals surface area contributed by atoms with E-state index in [9.17, 15) is 0 Å². The SMILES string of the molecule is CCC(C)n1ccc(Cn2ccc3ccccc32)n1. The minimum atomic E-state index is 0.468. The summed E-state index contributed by atoms with van der Waals surface area (Å²) in [4.78, 5) is 0. The Bertz CT molecular complexity index is 678. The monoisotopic (exact) mass is 253 g/mol. The van der Waals surface area contributed by atoms with Crippen molar-refractivity contribution in [3.63, 3.8) is 0 Å². The first kappa shape index (κ1) is 12.0. The van der Waals surface area contributed by atoms with Crippen LogP contribution in [-0.2, 0) is 6.54 Å². The molecule has 1 unspecified atom stereocenters. The fourth-order valence-electron chi connectivity index (χ4n) is 2.35.